The van der Waals surface area contributed by atoms with Gasteiger partial charge in [0, 0.05) is 0 Å². The maximum Gasteiger partial charge on any atom is 0.494 e. The molecule has 1 aliphatic heterocycles. The molecular formula is C19H31BO2. The fraction of sp³-hybridized carbons (Fsp3) is 0.684. The molecule has 122 valence electrons. The second kappa shape index (κ2) is 5.69. The van der Waals surface area contributed by atoms with Gasteiger partial charge in [0.2, 0.25) is 0 Å². The van der Waals surface area contributed by atoms with Gasteiger partial charge in [-0.1, -0.05) is 52.0 Å². The van der Waals surface area contributed by atoms with Crippen molar-refractivity contribution in [1.82, 2.24) is 0 Å². The van der Waals surface area contributed by atoms with E-state index in [-0.39, 0.29) is 18.3 Å². The Labute approximate surface area is 136 Å². The molecule has 0 N–H and O–H groups in total. The van der Waals surface area contributed by atoms with Crippen LogP contribution in [0, 0.1) is 5.41 Å². The van der Waals surface area contributed by atoms with Crippen LogP contribution in [0.25, 0.3) is 0 Å². The summed E-state index contributed by atoms with van der Waals surface area (Å²) in [6.07, 6.45) is 1.18. The van der Waals surface area contributed by atoms with Gasteiger partial charge in [-0.05, 0) is 56.5 Å². The van der Waals surface area contributed by atoms with E-state index in [0.29, 0.717) is 11.3 Å². The number of benzene rings is 1. The third-order valence-electron chi connectivity index (χ3n) is 4.95. The van der Waals surface area contributed by atoms with Gasteiger partial charge in [0.1, 0.15) is 0 Å². The van der Waals surface area contributed by atoms with Gasteiger partial charge in [-0.3, -0.25) is 0 Å². The predicted octanol–water partition coefficient (Wildman–Crippen LogP) is 4.53. The molecule has 1 saturated heterocycles. The van der Waals surface area contributed by atoms with Crippen LogP contribution in [0.15, 0.2) is 24.3 Å². The first-order valence-corrected chi connectivity index (χ1v) is 8.37. The molecule has 1 aromatic carbocycles. The van der Waals surface area contributed by atoms with Crippen LogP contribution in [-0.4, -0.2) is 18.3 Å². The topological polar surface area (TPSA) is 18.5 Å². The summed E-state index contributed by atoms with van der Waals surface area (Å²) in [5, 5.41) is 0. The molecule has 0 spiro atoms. The van der Waals surface area contributed by atoms with Crippen LogP contribution in [0.1, 0.15) is 73.3 Å². The van der Waals surface area contributed by atoms with Crippen LogP contribution in [-0.2, 0) is 9.31 Å². The molecule has 1 fully saturated rings. The lowest BCUT2D eigenvalue weighted by molar-refractivity contribution is 0.00578. The molecule has 0 aromatic heterocycles. The molecule has 22 heavy (non-hydrogen) atoms. The second-order valence-corrected chi connectivity index (χ2v) is 8.92. The van der Waals surface area contributed by atoms with Crippen molar-refractivity contribution >= 4 is 12.6 Å². The van der Waals surface area contributed by atoms with E-state index in [1.807, 2.05) is 0 Å². The molecule has 1 aromatic rings. The molecule has 1 atom stereocenters. The fourth-order valence-electron chi connectivity index (χ4n) is 3.00. The Balaban J connectivity index is 2.10. The van der Waals surface area contributed by atoms with Crippen LogP contribution < -0.4 is 5.46 Å². The van der Waals surface area contributed by atoms with E-state index < -0.39 is 0 Å². The van der Waals surface area contributed by atoms with Crippen LogP contribution in [0.5, 0.6) is 0 Å². The number of hydrogen-bond acceptors (Lipinski definition) is 2. The largest absolute Gasteiger partial charge is 0.494 e. The molecule has 0 saturated carbocycles. The summed E-state index contributed by atoms with van der Waals surface area (Å²) in [5.41, 5.74) is 2.27. The minimum absolute atomic E-state index is 0.267. The van der Waals surface area contributed by atoms with E-state index in [0.717, 1.165) is 5.46 Å². The lowest BCUT2D eigenvalue weighted by Crippen LogP contribution is -2.41. The van der Waals surface area contributed by atoms with Gasteiger partial charge < -0.3 is 9.31 Å². The quantitative estimate of drug-likeness (QED) is 0.764. The third-order valence-corrected chi connectivity index (χ3v) is 4.95. The van der Waals surface area contributed by atoms with Crippen molar-refractivity contribution in [2.75, 3.05) is 0 Å². The Hall–Kier alpha value is -0.795. The van der Waals surface area contributed by atoms with Gasteiger partial charge in [0.05, 0.1) is 11.2 Å². The van der Waals surface area contributed by atoms with Crippen molar-refractivity contribution in [3.63, 3.8) is 0 Å². The number of rotatable bonds is 3. The Morgan fingerprint density at radius 2 is 1.41 bits per heavy atom. The summed E-state index contributed by atoms with van der Waals surface area (Å²) in [4.78, 5) is 0. The first kappa shape index (κ1) is 17.6. The van der Waals surface area contributed by atoms with E-state index in [2.05, 4.69) is 79.7 Å². The average molecular weight is 302 g/mol. The smallest absolute Gasteiger partial charge is 0.399 e. The SMILES string of the molecule is CC(CC(C)(C)C)c1ccc(B2OC(C)(C)C(C)(C)O2)cc1. The zero-order valence-electron chi connectivity index (χ0n) is 15.5. The van der Waals surface area contributed by atoms with Crippen molar-refractivity contribution in [2.24, 2.45) is 5.41 Å². The fourth-order valence-corrected chi connectivity index (χ4v) is 3.00. The van der Waals surface area contributed by atoms with E-state index in [1.54, 1.807) is 0 Å². The van der Waals surface area contributed by atoms with Crippen molar-refractivity contribution in [3.05, 3.63) is 29.8 Å². The second-order valence-electron chi connectivity index (χ2n) is 8.92. The highest BCUT2D eigenvalue weighted by atomic mass is 16.7. The van der Waals surface area contributed by atoms with Crippen LogP contribution in [0.3, 0.4) is 0 Å². The Bertz CT molecular complexity index is 495. The maximum absolute atomic E-state index is 6.11. The molecule has 1 heterocycles. The summed E-state index contributed by atoms with van der Waals surface area (Å²) >= 11 is 0. The molecular weight excluding hydrogens is 271 g/mol. The monoisotopic (exact) mass is 302 g/mol. The van der Waals surface area contributed by atoms with Crippen molar-refractivity contribution in [1.29, 1.82) is 0 Å². The van der Waals surface area contributed by atoms with Gasteiger partial charge in [-0.15, -0.1) is 0 Å². The first-order chi connectivity index (χ1) is 9.91. The molecule has 1 aliphatic rings. The lowest BCUT2D eigenvalue weighted by atomic mass is 9.77. The number of hydrogen-bond donors (Lipinski definition) is 0. The lowest BCUT2D eigenvalue weighted by Gasteiger charge is -2.32. The average Bonchev–Trinajstić information content (AvgIpc) is 2.56. The minimum Gasteiger partial charge on any atom is -0.399 e. The van der Waals surface area contributed by atoms with Crippen LogP contribution in [0.4, 0.5) is 0 Å². The first-order valence-electron chi connectivity index (χ1n) is 8.37. The normalized spacial score (nSPS) is 21.9. The summed E-state index contributed by atoms with van der Waals surface area (Å²) in [5.74, 6) is 0.562. The minimum atomic E-state index is -0.282. The summed E-state index contributed by atoms with van der Waals surface area (Å²) in [6, 6.07) is 8.74. The molecule has 0 aliphatic carbocycles. The predicted molar refractivity (Wildman–Crippen MR) is 94.6 cm³/mol. The van der Waals surface area contributed by atoms with Gasteiger partial charge in [0.25, 0.3) is 0 Å². The Kier molecular flexibility index (Phi) is 4.54. The highest BCUT2D eigenvalue weighted by Crippen LogP contribution is 2.36. The van der Waals surface area contributed by atoms with Gasteiger partial charge in [-0.25, -0.2) is 0 Å². The van der Waals surface area contributed by atoms with Crippen molar-refractivity contribution in [3.8, 4) is 0 Å². The summed E-state index contributed by atoms with van der Waals surface area (Å²) in [7, 11) is -0.267. The molecule has 3 heteroatoms. The van der Waals surface area contributed by atoms with E-state index in [9.17, 15) is 0 Å². The van der Waals surface area contributed by atoms with E-state index in [1.165, 1.54) is 12.0 Å². The molecule has 0 radical (unpaired) electrons. The highest BCUT2D eigenvalue weighted by molar-refractivity contribution is 6.62. The highest BCUT2D eigenvalue weighted by Gasteiger charge is 2.51. The van der Waals surface area contributed by atoms with Gasteiger partial charge in [-0.2, -0.15) is 0 Å². The Morgan fingerprint density at radius 3 is 1.82 bits per heavy atom. The summed E-state index contributed by atoms with van der Waals surface area (Å²) in [6.45, 7) is 17.5. The molecule has 0 bridgehead atoms. The zero-order valence-corrected chi connectivity index (χ0v) is 15.5. The van der Waals surface area contributed by atoms with Gasteiger partial charge >= 0.3 is 7.12 Å². The van der Waals surface area contributed by atoms with Crippen molar-refractivity contribution < 1.29 is 9.31 Å². The Morgan fingerprint density at radius 1 is 0.955 bits per heavy atom. The van der Waals surface area contributed by atoms with E-state index >= 15 is 0 Å². The summed E-state index contributed by atoms with van der Waals surface area (Å²) < 4.78 is 12.2. The molecule has 2 rings (SSSR count). The van der Waals surface area contributed by atoms with Gasteiger partial charge in [0.15, 0.2) is 0 Å². The molecule has 2 nitrogen and oxygen atoms in total. The van der Waals surface area contributed by atoms with Crippen LogP contribution in [0.2, 0.25) is 0 Å². The van der Waals surface area contributed by atoms with Crippen LogP contribution >= 0.6 is 0 Å². The molecule has 1 unspecified atom stereocenters. The molecule has 0 amide bonds. The standard InChI is InChI=1S/C19H31BO2/c1-14(13-17(2,3)4)15-9-11-16(12-10-15)20-21-18(5,6)19(7,8)22-20/h9-12,14H,13H2,1-8H3. The zero-order chi connectivity index (χ0) is 16.8. The third kappa shape index (κ3) is 3.75. The van der Waals surface area contributed by atoms with E-state index in [4.69, 9.17) is 9.31 Å². The van der Waals surface area contributed by atoms with Crippen molar-refractivity contribution in [2.45, 2.75) is 78.9 Å². The maximum atomic E-state index is 6.11.